The van der Waals surface area contributed by atoms with E-state index in [0.717, 1.165) is 64.4 Å². The largest absolute Gasteiger partial charge is 0.416 e. The highest BCUT2D eigenvalue weighted by Gasteiger charge is 2.31. The molecular formula is C19H28F3IN4O. The van der Waals surface area contributed by atoms with Gasteiger partial charge < -0.3 is 15.0 Å². The minimum Gasteiger partial charge on any atom is -0.379 e. The smallest absolute Gasteiger partial charge is 0.379 e. The Kier molecular flexibility index (Phi) is 8.81. The number of alkyl halides is 3. The molecule has 158 valence electrons. The molecule has 0 bridgehead atoms. The summed E-state index contributed by atoms with van der Waals surface area (Å²) < 4.78 is 44.1. The molecular weight excluding hydrogens is 484 g/mol. The predicted molar refractivity (Wildman–Crippen MR) is 114 cm³/mol. The number of guanidine groups is 1. The molecule has 2 fully saturated rings. The van der Waals surface area contributed by atoms with Crippen LogP contribution in [0.4, 0.5) is 13.2 Å². The van der Waals surface area contributed by atoms with Crippen LogP contribution in [0.15, 0.2) is 29.3 Å². The third-order valence-corrected chi connectivity index (χ3v) is 5.03. The number of ether oxygens (including phenoxy) is 1. The molecule has 5 nitrogen and oxygen atoms in total. The first-order valence-electron chi connectivity index (χ1n) is 9.48. The van der Waals surface area contributed by atoms with Crippen molar-refractivity contribution in [1.82, 2.24) is 15.1 Å². The lowest BCUT2D eigenvalue weighted by molar-refractivity contribution is -0.137. The SMILES string of the molecule is CCNC(=NCc1cccc(C(F)(F)F)c1)N1CCC(N2CCOCC2)C1.I. The molecule has 1 atom stereocenters. The molecule has 0 amide bonds. The predicted octanol–water partition coefficient (Wildman–Crippen LogP) is 3.20. The maximum absolute atomic E-state index is 12.9. The van der Waals surface area contributed by atoms with Gasteiger partial charge in [0.2, 0.25) is 0 Å². The maximum atomic E-state index is 12.9. The summed E-state index contributed by atoms with van der Waals surface area (Å²) in [6, 6.07) is 5.86. The Labute approximate surface area is 181 Å². The summed E-state index contributed by atoms with van der Waals surface area (Å²) in [5.74, 6) is 0.769. The van der Waals surface area contributed by atoms with Gasteiger partial charge in [0.05, 0.1) is 25.3 Å². The Bertz CT molecular complexity index is 650. The molecule has 2 saturated heterocycles. The van der Waals surface area contributed by atoms with Crippen LogP contribution in [0.5, 0.6) is 0 Å². The lowest BCUT2D eigenvalue weighted by Crippen LogP contribution is -2.46. The number of likely N-dealkylation sites (tertiary alicyclic amines) is 1. The van der Waals surface area contributed by atoms with Gasteiger partial charge >= 0.3 is 6.18 Å². The fourth-order valence-electron chi connectivity index (χ4n) is 3.61. The molecule has 1 aromatic rings. The summed E-state index contributed by atoms with van der Waals surface area (Å²) in [7, 11) is 0. The van der Waals surface area contributed by atoms with E-state index in [2.05, 4.69) is 20.1 Å². The molecule has 0 aliphatic carbocycles. The van der Waals surface area contributed by atoms with Gasteiger partial charge in [0, 0.05) is 38.8 Å². The second-order valence-corrected chi connectivity index (χ2v) is 6.91. The van der Waals surface area contributed by atoms with E-state index in [-0.39, 0.29) is 30.5 Å². The van der Waals surface area contributed by atoms with Crippen LogP contribution in [0, 0.1) is 0 Å². The highest BCUT2D eigenvalue weighted by molar-refractivity contribution is 14.0. The molecule has 0 spiro atoms. The van der Waals surface area contributed by atoms with Crippen LogP contribution in [0.25, 0.3) is 0 Å². The molecule has 1 aromatic carbocycles. The van der Waals surface area contributed by atoms with Gasteiger partial charge in [0.15, 0.2) is 5.96 Å². The van der Waals surface area contributed by atoms with Crippen LogP contribution in [-0.2, 0) is 17.5 Å². The standard InChI is InChI=1S/C19H27F3N4O.HI/c1-2-23-18(24-13-15-4-3-5-16(12-15)19(20,21)22)26-7-6-17(14-26)25-8-10-27-11-9-25;/h3-5,12,17H,2,6-11,13-14H2,1H3,(H,23,24);1H. The zero-order chi connectivity index (χ0) is 19.3. The summed E-state index contributed by atoms with van der Waals surface area (Å²) >= 11 is 0. The van der Waals surface area contributed by atoms with Crippen LogP contribution < -0.4 is 5.32 Å². The molecule has 0 radical (unpaired) electrons. The van der Waals surface area contributed by atoms with E-state index in [9.17, 15) is 13.2 Å². The van der Waals surface area contributed by atoms with E-state index in [1.54, 1.807) is 6.07 Å². The average molecular weight is 512 g/mol. The van der Waals surface area contributed by atoms with Crippen LogP contribution in [0.3, 0.4) is 0 Å². The van der Waals surface area contributed by atoms with Crippen molar-refractivity contribution in [2.45, 2.75) is 32.1 Å². The van der Waals surface area contributed by atoms with Crippen molar-refractivity contribution in [2.75, 3.05) is 45.9 Å². The lowest BCUT2D eigenvalue weighted by Gasteiger charge is -2.32. The fraction of sp³-hybridized carbons (Fsp3) is 0.632. The number of hydrogen-bond acceptors (Lipinski definition) is 3. The van der Waals surface area contributed by atoms with E-state index in [4.69, 9.17) is 4.74 Å². The zero-order valence-corrected chi connectivity index (χ0v) is 18.4. The second-order valence-electron chi connectivity index (χ2n) is 6.91. The number of morpholine rings is 1. The summed E-state index contributed by atoms with van der Waals surface area (Å²) in [5.41, 5.74) is -0.0714. The van der Waals surface area contributed by atoms with Gasteiger partial charge in [-0.25, -0.2) is 4.99 Å². The molecule has 3 rings (SSSR count). The number of halogens is 4. The Balaban J connectivity index is 0.00000280. The Morgan fingerprint density at radius 1 is 1.25 bits per heavy atom. The van der Waals surface area contributed by atoms with Gasteiger partial charge in [-0.3, -0.25) is 4.90 Å². The highest BCUT2D eigenvalue weighted by Crippen LogP contribution is 2.29. The van der Waals surface area contributed by atoms with E-state index in [0.29, 0.717) is 11.6 Å². The molecule has 1 N–H and O–H groups in total. The van der Waals surface area contributed by atoms with Gasteiger partial charge in [-0.15, -0.1) is 24.0 Å². The number of nitrogens with zero attached hydrogens (tertiary/aromatic N) is 3. The van der Waals surface area contributed by atoms with Crippen LogP contribution in [0.1, 0.15) is 24.5 Å². The van der Waals surface area contributed by atoms with Crippen molar-refractivity contribution < 1.29 is 17.9 Å². The Morgan fingerprint density at radius 3 is 2.68 bits per heavy atom. The molecule has 0 saturated carbocycles. The zero-order valence-electron chi connectivity index (χ0n) is 16.0. The van der Waals surface area contributed by atoms with E-state index < -0.39 is 11.7 Å². The van der Waals surface area contributed by atoms with Crippen LogP contribution in [0.2, 0.25) is 0 Å². The summed E-state index contributed by atoms with van der Waals surface area (Å²) in [6.07, 6.45) is -3.27. The summed E-state index contributed by atoms with van der Waals surface area (Å²) in [6.45, 7) is 8.19. The lowest BCUT2D eigenvalue weighted by atomic mass is 10.1. The minimum absolute atomic E-state index is 0. The van der Waals surface area contributed by atoms with Crippen molar-refractivity contribution in [2.24, 2.45) is 4.99 Å². The molecule has 2 heterocycles. The molecule has 1 unspecified atom stereocenters. The van der Waals surface area contributed by atoms with E-state index in [1.807, 2.05) is 6.92 Å². The van der Waals surface area contributed by atoms with E-state index in [1.165, 1.54) is 12.1 Å². The van der Waals surface area contributed by atoms with Crippen molar-refractivity contribution in [3.8, 4) is 0 Å². The number of nitrogens with one attached hydrogen (secondary N) is 1. The van der Waals surface area contributed by atoms with Gasteiger partial charge in [-0.2, -0.15) is 13.2 Å². The van der Waals surface area contributed by atoms with Crippen molar-refractivity contribution in [3.05, 3.63) is 35.4 Å². The quantitative estimate of drug-likeness (QED) is 0.383. The normalized spacial score (nSPS) is 21.5. The van der Waals surface area contributed by atoms with E-state index >= 15 is 0 Å². The fourth-order valence-corrected chi connectivity index (χ4v) is 3.61. The first kappa shape index (κ1) is 23.2. The minimum atomic E-state index is -4.33. The molecule has 2 aliphatic rings. The van der Waals surface area contributed by atoms with Crippen molar-refractivity contribution >= 4 is 29.9 Å². The number of rotatable bonds is 4. The monoisotopic (exact) mass is 512 g/mol. The first-order valence-corrected chi connectivity index (χ1v) is 9.48. The molecule has 9 heteroatoms. The number of hydrogen-bond donors (Lipinski definition) is 1. The summed E-state index contributed by atoms with van der Waals surface area (Å²) in [5, 5.41) is 3.27. The van der Waals surface area contributed by atoms with Gasteiger partial charge in [0.1, 0.15) is 0 Å². The molecule has 0 aromatic heterocycles. The summed E-state index contributed by atoms with van der Waals surface area (Å²) in [4.78, 5) is 9.25. The molecule has 28 heavy (non-hydrogen) atoms. The second kappa shape index (κ2) is 10.6. The Hall–Kier alpha value is -1.07. The maximum Gasteiger partial charge on any atom is 0.416 e. The van der Waals surface area contributed by atoms with Gasteiger partial charge in [-0.1, -0.05) is 12.1 Å². The van der Waals surface area contributed by atoms with Crippen LogP contribution in [-0.4, -0.2) is 67.7 Å². The third kappa shape index (κ3) is 6.21. The number of benzene rings is 1. The Morgan fingerprint density at radius 2 is 2.00 bits per heavy atom. The number of aliphatic imine (C=N–C) groups is 1. The first-order chi connectivity index (χ1) is 13.0. The topological polar surface area (TPSA) is 40.1 Å². The van der Waals surface area contributed by atoms with Crippen molar-refractivity contribution in [3.63, 3.8) is 0 Å². The van der Waals surface area contributed by atoms with Crippen LogP contribution >= 0.6 is 24.0 Å². The highest BCUT2D eigenvalue weighted by atomic mass is 127. The van der Waals surface area contributed by atoms with Gasteiger partial charge in [-0.05, 0) is 31.0 Å². The molecule has 2 aliphatic heterocycles. The van der Waals surface area contributed by atoms with Crippen molar-refractivity contribution in [1.29, 1.82) is 0 Å². The van der Waals surface area contributed by atoms with Gasteiger partial charge in [0.25, 0.3) is 0 Å². The average Bonchev–Trinajstić information content (AvgIpc) is 3.15. The third-order valence-electron chi connectivity index (χ3n) is 5.03.